The van der Waals surface area contributed by atoms with Crippen molar-refractivity contribution in [1.82, 2.24) is 9.97 Å². The molecule has 0 aliphatic rings. The lowest BCUT2D eigenvalue weighted by Crippen LogP contribution is -2.14. The van der Waals surface area contributed by atoms with E-state index in [0.29, 0.717) is 14.8 Å². The Kier molecular flexibility index (Phi) is 5.23. The number of nitrogens with zero attached hydrogens (tertiary/aromatic N) is 2. The summed E-state index contributed by atoms with van der Waals surface area (Å²) in [4.78, 5) is 8.05. The molecule has 0 fully saturated rings. The standard InChI is InChI=1S/C11H8Br3N3O3S/c1-20-8-3-2-6(4-7(8)12)21(18,19)17-11-10(14)16-9(13)5-15-11/h2-5H,1H3,(H,15,17). The van der Waals surface area contributed by atoms with Crippen molar-refractivity contribution < 1.29 is 13.2 Å². The minimum Gasteiger partial charge on any atom is -0.496 e. The summed E-state index contributed by atoms with van der Waals surface area (Å²) in [6, 6.07) is 4.44. The van der Waals surface area contributed by atoms with Crippen LogP contribution in [-0.2, 0) is 10.0 Å². The van der Waals surface area contributed by atoms with Crippen LogP contribution in [0.25, 0.3) is 0 Å². The number of methoxy groups -OCH3 is 1. The highest BCUT2D eigenvalue weighted by molar-refractivity contribution is 9.11. The number of ether oxygens (including phenoxy) is 1. The van der Waals surface area contributed by atoms with Crippen molar-refractivity contribution in [3.8, 4) is 5.75 Å². The fourth-order valence-corrected chi connectivity index (χ4v) is 4.19. The van der Waals surface area contributed by atoms with Gasteiger partial charge in [-0.05, 0) is 66.0 Å². The van der Waals surface area contributed by atoms with Gasteiger partial charge in [-0.2, -0.15) is 0 Å². The van der Waals surface area contributed by atoms with Crippen molar-refractivity contribution in [3.05, 3.63) is 38.1 Å². The van der Waals surface area contributed by atoms with Gasteiger partial charge in [-0.15, -0.1) is 0 Å². The first-order chi connectivity index (χ1) is 9.83. The van der Waals surface area contributed by atoms with E-state index < -0.39 is 10.0 Å². The van der Waals surface area contributed by atoms with E-state index in [1.165, 1.54) is 25.4 Å². The molecule has 21 heavy (non-hydrogen) atoms. The molecule has 6 nitrogen and oxygen atoms in total. The van der Waals surface area contributed by atoms with Gasteiger partial charge in [0.2, 0.25) is 0 Å². The molecule has 0 amide bonds. The number of anilines is 1. The van der Waals surface area contributed by atoms with Crippen molar-refractivity contribution in [2.75, 3.05) is 11.8 Å². The van der Waals surface area contributed by atoms with Crippen LogP contribution in [0.3, 0.4) is 0 Å². The highest BCUT2D eigenvalue weighted by Gasteiger charge is 2.18. The minimum absolute atomic E-state index is 0.0757. The Balaban J connectivity index is 2.36. The number of rotatable bonds is 4. The van der Waals surface area contributed by atoms with Crippen molar-refractivity contribution >= 4 is 63.6 Å². The van der Waals surface area contributed by atoms with Crippen LogP contribution in [0.15, 0.2) is 43.0 Å². The van der Waals surface area contributed by atoms with Crippen LogP contribution in [0.2, 0.25) is 0 Å². The van der Waals surface area contributed by atoms with E-state index in [9.17, 15) is 8.42 Å². The smallest absolute Gasteiger partial charge is 0.263 e. The zero-order valence-electron chi connectivity index (χ0n) is 10.5. The number of benzene rings is 1. The van der Waals surface area contributed by atoms with E-state index >= 15 is 0 Å². The first-order valence-corrected chi connectivity index (χ1v) is 9.24. The molecule has 0 spiro atoms. The normalized spacial score (nSPS) is 11.2. The lowest BCUT2D eigenvalue weighted by atomic mass is 10.3. The minimum atomic E-state index is -3.78. The van der Waals surface area contributed by atoms with E-state index in [4.69, 9.17) is 4.74 Å². The van der Waals surface area contributed by atoms with Gasteiger partial charge in [-0.1, -0.05) is 0 Å². The van der Waals surface area contributed by atoms with Crippen molar-refractivity contribution in [3.63, 3.8) is 0 Å². The Morgan fingerprint density at radius 3 is 2.52 bits per heavy atom. The van der Waals surface area contributed by atoms with Crippen LogP contribution in [0.1, 0.15) is 0 Å². The summed E-state index contributed by atoms with van der Waals surface area (Å²) in [5.74, 6) is 0.642. The van der Waals surface area contributed by atoms with Crippen LogP contribution in [-0.4, -0.2) is 25.5 Å². The molecule has 10 heteroatoms. The Bertz CT molecular complexity index is 784. The van der Waals surface area contributed by atoms with Crippen LogP contribution in [0.5, 0.6) is 5.75 Å². The Hall–Kier alpha value is -0.710. The summed E-state index contributed by atoms with van der Waals surface area (Å²) in [7, 11) is -2.28. The monoisotopic (exact) mass is 499 g/mol. The van der Waals surface area contributed by atoms with Gasteiger partial charge in [0.05, 0.1) is 22.7 Å². The first kappa shape index (κ1) is 16.7. The highest BCUT2D eigenvalue weighted by atomic mass is 79.9. The van der Waals surface area contributed by atoms with Crippen LogP contribution in [0, 0.1) is 0 Å². The molecule has 112 valence electrons. The lowest BCUT2D eigenvalue weighted by Gasteiger charge is -2.10. The second-order valence-electron chi connectivity index (χ2n) is 3.73. The van der Waals surface area contributed by atoms with Crippen molar-refractivity contribution in [2.24, 2.45) is 0 Å². The van der Waals surface area contributed by atoms with Crippen molar-refractivity contribution in [2.45, 2.75) is 4.90 Å². The average Bonchev–Trinajstić information content (AvgIpc) is 2.42. The molecule has 1 heterocycles. The Morgan fingerprint density at radius 2 is 1.95 bits per heavy atom. The zero-order chi connectivity index (χ0) is 15.6. The number of hydrogen-bond donors (Lipinski definition) is 1. The molecular formula is C11H8Br3N3O3S. The van der Waals surface area contributed by atoms with E-state index in [1.54, 1.807) is 6.07 Å². The largest absolute Gasteiger partial charge is 0.496 e. The van der Waals surface area contributed by atoms with E-state index in [2.05, 4.69) is 62.5 Å². The average molecular weight is 502 g/mol. The van der Waals surface area contributed by atoms with Gasteiger partial charge in [0.25, 0.3) is 10.0 Å². The van der Waals surface area contributed by atoms with Gasteiger partial charge in [-0.25, -0.2) is 18.4 Å². The topological polar surface area (TPSA) is 81.2 Å². The van der Waals surface area contributed by atoms with Crippen LogP contribution < -0.4 is 9.46 Å². The number of sulfonamides is 1. The number of hydrogen-bond acceptors (Lipinski definition) is 5. The van der Waals surface area contributed by atoms with Gasteiger partial charge in [0.1, 0.15) is 10.4 Å². The number of aromatic nitrogens is 2. The summed E-state index contributed by atoms with van der Waals surface area (Å²) in [6.45, 7) is 0. The molecule has 0 radical (unpaired) electrons. The fraction of sp³-hybridized carbons (Fsp3) is 0.0909. The SMILES string of the molecule is COc1ccc(S(=O)(=O)Nc2ncc(Br)nc2Br)cc1Br. The third-order valence-electron chi connectivity index (χ3n) is 2.37. The van der Waals surface area contributed by atoms with Gasteiger partial charge in [-0.3, -0.25) is 4.72 Å². The summed E-state index contributed by atoms with van der Waals surface area (Å²) in [6.07, 6.45) is 1.40. The molecule has 1 N–H and O–H groups in total. The maximum Gasteiger partial charge on any atom is 0.263 e. The Labute approximate surface area is 146 Å². The maximum atomic E-state index is 12.3. The summed E-state index contributed by atoms with van der Waals surface area (Å²) < 4.78 is 33.4. The predicted molar refractivity (Wildman–Crippen MR) is 88.9 cm³/mol. The molecule has 0 aliphatic carbocycles. The Morgan fingerprint density at radius 1 is 1.24 bits per heavy atom. The number of halogens is 3. The van der Waals surface area contributed by atoms with E-state index in [0.717, 1.165) is 0 Å². The maximum absolute atomic E-state index is 12.3. The molecule has 0 saturated carbocycles. The van der Waals surface area contributed by atoms with E-state index in [1.807, 2.05) is 0 Å². The molecule has 0 atom stereocenters. The second kappa shape index (κ2) is 6.59. The van der Waals surface area contributed by atoms with Gasteiger partial charge >= 0.3 is 0 Å². The lowest BCUT2D eigenvalue weighted by molar-refractivity contribution is 0.411. The molecule has 2 rings (SSSR count). The molecule has 2 aromatic rings. The highest BCUT2D eigenvalue weighted by Crippen LogP contribution is 2.29. The molecule has 0 saturated heterocycles. The second-order valence-corrected chi connectivity index (χ2v) is 7.83. The molecular weight excluding hydrogens is 494 g/mol. The molecule has 1 aromatic heterocycles. The summed E-state index contributed by atoms with van der Waals surface area (Å²) in [5.41, 5.74) is 0. The molecule has 0 unspecified atom stereocenters. The predicted octanol–water partition coefficient (Wildman–Crippen LogP) is 3.57. The quantitative estimate of drug-likeness (QED) is 0.692. The third-order valence-corrected chi connectivity index (χ3v) is 5.26. The zero-order valence-corrected chi connectivity index (χ0v) is 16.0. The summed E-state index contributed by atoms with van der Waals surface area (Å²) >= 11 is 9.54. The van der Waals surface area contributed by atoms with Gasteiger partial charge in [0.15, 0.2) is 10.4 Å². The molecule has 1 aromatic carbocycles. The third kappa shape index (κ3) is 3.93. The molecule has 0 aliphatic heterocycles. The van der Waals surface area contributed by atoms with Gasteiger partial charge < -0.3 is 4.74 Å². The first-order valence-electron chi connectivity index (χ1n) is 5.38. The van der Waals surface area contributed by atoms with Crippen LogP contribution in [0.4, 0.5) is 5.82 Å². The fourth-order valence-electron chi connectivity index (χ4n) is 1.42. The number of nitrogens with one attached hydrogen (secondary N) is 1. The van der Waals surface area contributed by atoms with Crippen molar-refractivity contribution in [1.29, 1.82) is 0 Å². The van der Waals surface area contributed by atoms with E-state index in [-0.39, 0.29) is 15.3 Å². The summed E-state index contributed by atoms with van der Waals surface area (Å²) in [5, 5.41) is 0. The molecule has 0 bridgehead atoms. The van der Waals surface area contributed by atoms with Crippen LogP contribution >= 0.6 is 47.8 Å². The van der Waals surface area contributed by atoms with Gasteiger partial charge in [0, 0.05) is 0 Å².